The van der Waals surface area contributed by atoms with Gasteiger partial charge in [-0.3, -0.25) is 33.9 Å². The summed E-state index contributed by atoms with van der Waals surface area (Å²) in [6, 6.07) is 40.4. The first-order chi connectivity index (χ1) is 62.6. The minimum Gasteiger partial charge on any atom is -0.474 e. The molecule has 4 aliphatic heterocycles. The number of fused-ring (bicyclic) bond motifs is 7. The van der Waals surface area contributed by atoms with Gasteiger partial charge in [-0.1, -0.05) is 94.9 Å². The van der Waals surface area contributed by atoms with Crippen molar-refractivity contribution in [1.29, 1.82) is 0 Å². The Bertz CT molecular complexity index is 6660. The normalized spacial score (nSPS) is 15.4. The number of carbonyl (C=O) groups excluding carboxylic acids is 5. The lowest BCUT2D eigenvalue weighted by atomic mass is 10.0. The van der Waals surface area contributed by atoms with E-state index in [-0.39, 0.29) is 64.8 Å². The van der Waals surface area contributed by atoms with E-state index in [2.05, 4.69) is 114 Å². The summed E-state index contributed by atoms with van der Waals surface area (Å²) in [6.07, 6.45) is 14.9. The van der Waals surface area contributed by atoms with Crippen LogP contribution in [0.3, 0.4) is 0 Å². The van der Waals surface area contributed by atoms with Gasteiger partial charge in [0.1, 0.15) is 52.2 Å². The Balaban J connectivity index is 0.000000126. The highest BCUT2D eigenvalue weighted by Crippen LogP contribution is 2.38. The van der Waals surface area contributed by atoms with Gasteiger partial charge in [0.15, 0.2) is 17.1 Å². The molecule has 15 heterocycles. The van der Waals surface area contributed by atoms with Crippen molar-refractivity contribution in [3.05, 3.63) is 260 Å². The van der Waals surface area contributed by atoms with Crippen molar-refractivity contribution < 1.29 is 42.9 Å². The minimum atomic E-state index is -0.480. The number of carbonyl (C=O) groups is 5. The van der Waals surface area contributed by atoms with Crippen molar-refractivity contribution in [2.45, 2.75) is 97.6 Å². The number of aromatic nitrogens is 15. The van der Waals surface area contributed by atoms with Crippen LogP contribution in [-0.2, 0) is 14.2 Å². The van der Waals surface area contributed by atoms with E-state index in [1.165, 1.54) is 23.1 Å². The minimum absolute atomic E-state index is 0.121. The van der Waals surface area contributed by atoms with Crippen LogP contribution in [0.25, 0.3) is 65.4 Å². The number of piperidine rings is 1. The van der Waals surface area contributed by atoms with Crippen LogP contribution in [0.15, 0.2) is 183 Å². The zero-order chi connectivity index (χ0) is 89.9. The van der Waals surface area contributed by atoms with Gasteiger partial charge in [0.05, 0.1) is 136 Å². The molecule has 0 radical (unpaired) electrons. The molecule has 0 bridgehead atoms. The van der Waals surface area contributed by atoms with E-state index in [9.17, 15) is 24.0 Å². The van der Waals surface area contributed by atoms with Gasteiger partial charge in [-0.05, 0) is 162 Å². The number of halogens is 4. The van der Waals surface area contributed by atoms with Crippen LogP contribution in [0.5, 0.6) is 5.88 Å². The molecule has 0 aliphatic carbocycles. The first-order valence-electron chi connectivity index (χ1n) is 42.5. The largest absolute Gasteiger partial charge is 0.474 e. The van der Waals surface area contributed by atoms with Gasteiger partial charge in [0.2, 0.25) is 5.88 Å². The summed E-state index contributed by atoms with van der Waals surface area (Å²) in [5.41, 5.74) is 7.56. The highest BCUT2D eigenvalue weighted by molar-refractivity contribution is 6.38. The first kappa shape index (κ1) is 89.5. The Morgan fingerprint density at radius 3 is 1.43 bits per heavy atom. The predicted molar refractivity (Wildman–Crippen MR) is 493 cm³/mol. The number of amides is 5. The van der Waals surface area contributed by atoms with Crippen LogP contribution < -0.4 is 26.0 Å². The molecule has 4 fully saturated rings. The molecule has 15 aromatic rings. The van der Waals surface area contributed by atoms with Crippen molar-refractivity contribution >= 4 is 153 Å². The third-order valence-corrected chi connectivity index (χ3v) is 24.0. The first-order valence-corrected chi connectivity index (χ1v) is 44.0. The molecule has 0 saturated carbocycles. The molecule has 4 atom stereocenters. The van der Waals surface area contributed by atoms with Crippen LogP contribution in [0.1, 0.15) is 159 Å². The number of morpholine rings is 3. The summed E-state index contributed by atoms with van der Waals surface area (Å²) >= 11 is 26.0. The molecule has 4 saturated heterocycles. The summed E-state index contributed by atoms with van der Waals surface area (Å²) in [5.74, 6) is 0.824. The van der Waals surface area contributed by atoms with E-state index >= 15 is 0 Å². The number of rotatable bonds is 18. The lowest BCUT2D eigenvalue weighted by Gasteiger charge is -2.34. The SMILES string of the molecule is CC(C)N1CCC(Oc2nc([C@H](C)Nc3ncnc4cccnc34)cc3cccc(Cl)c23)CC1.C[C@H](NC(=O)c1cnc2cccnn12)c1cc2cccc(Cl)c2c(C(=O)N2CCOCC2)n1.C[C@H](Nc1ccnc2ccnn12)c1cc2cccc(Cl)c2c(C(=O)N2CCOCC2)n1.Cc1nccnc1C(=O)N[C@@H](C)c1cc2cccc(Cl)c2c(C(=O)N2CCOCC2)n1. The molecule has 4 N–H and O–H groups in total. The number of imidazole rings is 1. The second kappa shape index (κ2) is 40.6. The number of aryl methyl sites for hydroxylation is 1. The maximum Gasteiger partial charge on any atom is 0.273 e. The molecule has 0 unspecified atom stereocenters. The van der Waals surface area contributed by atoms with Crippen LogP contribution in [0.4, 0.5) is 11.6 Å². The zero-order valence-corrected chi connectivity index (χ0v) is 74.8. The number of nitrogens with zero attached hydrogens (tertiary/aromatic N) is 19. The number of benzene rings is 4. The van der Waals surface area contributed by atoms with Crippen LogP contribution >= 0.6 is 46.4 Å². The Morgan fingerprint density at radius 1 is 0.426 bits per heavy atom. The predicted octanol–water partition coefficient (Wildman–Crippen LogP) is 15.1. The van der Waals surface area contributed by atoms with Crippen LogP contribution in [0, 0.1) is 6.92 Å². The number of anilines is 2. The molecule has 32 nitrogen and oxygen atoms in total. The number of ether oxygens (including phenoxy) is 4. The van der Waals surface area contributed by atoms with Crippen molar-refractivity contribution in [3.8, 4) is 5.88 Å². The molecule has 662 valence electrons. The van der Waals surface area contributed by atoms with Gasteiger partial charge in [0.25, 0.3) is 29.5 Å². The molecule has 5 amide bonds. The molecule has 19 rings (SSSR count). The van der Waals surface area contributed by atoms with E-state index in [1.54, 1.807) is 87.6 Å². The Hall–Kier alpha value is -12.9. The Labute approximate surface area is 761 Å². The monoisotopic (exact) mass is 1820 g/mol. The Morgan fingerprint density at radius 2 is 0.899 bits per heavy atom. The van der Waals surface area contributed by atoms with Gasteiger partial charge in [-0.25, -0.2) is 49.4 Å². The van der Waals surface area contributed by atoms with Crippen molar-refractivity contribution in [2.24, 2.45) is 0 Å². The molecule has 4 aromatic carbocycles. The second-order valence-electron chi connectivity index (χ2n) is 31.6. The second-order valence-corrected chi connectivity index (χ2v) is 33.3. The molecular weight excluding hydrogens is 1720 g/mol. The van der Waals surface area contributed by atoms with Crippen LogP contribution in [0.2, 0.25) is 20.1 Å². The summed E-state index contributed by atoms with van der Waals surface area (Å²) in [4.78, 5) is 122. The van der Waals surface area contributed by atoms with Crippen molar-refractivity contribution in [3.63, 3.8) is 0 Å². The van der Waals surface area contributed by atoms with E-state index in [0.29, 0.717) is 167 Å². The summed E-state index contributed by atoms with van der Waals surface area (Å²) < 4.78 is 25.8. The molecule has 0 spiro atoms. The number of hydrogen-bond acceptors (Lipinski definition) is 25. The fourth-order valence-electron chi connectivity index (χ4n) is 15.8. The van der Waals surface area contributed by atoms with Crippen molar-refractivity contribution in [2.75, 3.05) is 103 Å². The van der Waals surface area contributed by atoms with Gasteiger partial charge in [-0.15, -0.1) is 0 Å². The molecular formula is C93H93Cl4N23O9. The highest BCUT2D eigenvalue weighted by atomic mass is 35.5. The maximum absolute atomic E-state index is 13.3. The molecule has 11 aromatic heterocycles. The Kier molecular flexibility index (Phi) is 28.2. The van der Waals surface area contributed by atoms with Crippen LogP contribution in [-0.4, -0.2) is 227 Å². The van der Waals surface area contributed by atoms with Gasteiger partial charge >= 0.3 is 0 Å². The zero-order valence-electron chi connectivity index (χ0n) is 71.8. The summed E-state index contributed by atoms with van der Waals surface area (Å²) in [6.45, 7) is 22.0. The smallest absolute Gasteiger partial charge is 0.273 e. The van der Waals surface area contributed by atoms with E-state index in [0.717, 1.165) is 86.7 Å². The standard InChI is InChI=1S/C26H29ClN6O.C23H21ClN6O3.C22H21ClN6O2.C22H22ClN5O3/c1-16(2)33-12-9-19(10-13-33)34-26-23-18(6-4-7-20(23)27)14-22(32-26)17(3)31-25-24-21(29-15-30-25)8-5-11-28-24;1-14(27-22(31)18-13-25-19-6-3-7-26-30(18)19)17-12-15-4-2-5-16(24)20(15)21(28-17)23(32)29-8-10-33-11-9-29;1-14(26-19-5-7-24-18-6-8-25-29(18)19)17-13-15-3-2-4-16(23)20(15)21(27-17)22(30)28-9-11-31-12-10-28;1-13(26-21(29)19-14(2)24-6-7-25-19)17-12-15-4-3-5-16(23)18(15)20(27-17)22(30)28-8-10-31-11-9-28/h4-8,11,14-17,19H,9-10,12-13H2,1-3H3,(H,29,30,31);2-7,12-14H,8-11H2,1H3,(H,27,31);2-8,13-14,26H,9-12H2,1H3;3-7,12-13H,8-11H2,1-2H3,(H,26,29)/t17-;2*14-;13-/m0000/s1. The van der Waals surface area contributed by atoms with Gasteiger partial charge in [-0.2, -0.15) is 14.7 Å². The summed E-state index contributed by atoms with van der Waals surface area (Å²) in [7, 11) is 0. The number of pyridine rings is 5. The molecule has 4 aliphatic rings. The third kappa shape index (κ3) is 20.3. The van der Waals surface area contributed by atoms with Gasteiger partial charge in [0, 0.05) is 112 Å². The fourth-order valence-corrected chi connectivity index (χ4v) is 16.9. The number of nitrogens with one attached hydrogen (secondary N) is 4. The lowest BCUT2D eigenvalue weighted by molar-refractivity contribution is 0.0298. The number of likely N-dealkylation sites (tertiary alicyclic amines) is 1. The topological polar surface area (TPSA) is 360 Å². The van der Waals surface area contributed by atoms with E-state index < -0.39 is 12.1 Å². The fraction of sp³-hybridized carbons (Fsp3) is 0.312. The molecule has 36 heteroatoms. The van der Waals surface area contributed by atoms with E-state index in [4.69, 9.17) is 75.3 Å². The molecule has 129 heavy (non-hydrogen) atoms. The lowest BCUT2D eigenvalue weighted by Crippen LogP contribution is -2.41. The number of hydrogen-bond donors (Lipinski definition) is 4. The van der Waals surface area contributed by atoms with Gasteiger partial charge < -0.3 is 59.8 Å². The van der Waals surface area contributed by atoms with Crippen molar-refractivity contribution in [1.82, 2.24) is 104 Å². The third-order valence-electron chi connectivity index (χ3n) is 22.7. The highest BCUT2D eigenvalue weighted by Gasteiger charge is 2.32. The average molecular weight is 1820 g/mol. The van der Waals surface area contributed by atoms with E-state index in [1.807, 2.05) is 112 Å². The summed E-state index contributed by atoms with van der Waals surface area (Å²) in [5, 5.41) is 29.5. The maximum atomic E-state index is 13.3. The average Bonchev–Trinajstić information content (AvgIpc) is 1.19. The quantitative estimate of drug-likeness (QED) is 0.0620.